The van der Waals surface area contributed by atoms with Crippen molar-refractivity contribution in [1.82, 2.24) is 10.2 Å². The molecular weight excluding hydrogens is 214 g/mol. The van der Waals surface area contributed by atoms with Crippen LogP contribution in [0.3, 0.4) is 0 Å². The molecule has 17 heavy (non-hydrogen) atoms. The number of rotatable bonds is 4. The molecule has 2 saturated heterocycles. The van der Waals surface area contributed by atoms with E-state index < -0.39 is 0 Å². The summed E-state index contributed by atoms with van der Waals surface area (Å²) in [5.74, 6) is -0.203. The van der Waals surface area contributed by atoms with Crippen molar-refractivity contribution in [3.63, 3.8) is 0 Å². The third kappa shape index (κ3) is 3.19. The van der Waals surface area contributed by atoms with Crippen LogP contribution in [-0.2, 0) is 4.79 Å². The Morgan fingerprint density at radius 2 is 2.24 bits per heavy atom. The quantitative estimate of drug-likeness (QED) is 0.760. The van der Waals surface area contributed by atoms with Gasteiger partial charge in [-0.3, -0.25) is 9.69 Å². The Morgan fingerprint density at radius 3 is 2.88 bits per heavy atom. The van der Waals surface area contributed by atoms with E-state index in [1.807, 2.05) is 6.92 Å². The lowest BCUT2D eigenvalue weighted by atomic mass is 9.93. The molecule has 3 unspecified atom stereocenters. The fourth-order valence-corrected chi connectivity index (χ4v) is 3.18. The number of nitrogens with two attached hydrogens (primary N) is 1. The van der Waals surface area contributed by atoms with E-state index in [0.29, 0.717) is 12.1 Å². The Labute approximate surface area is 104 Å². The molecule has 98 valence electrons. The number of hydrogen-bond donors (Lipinski definition) is 2. The van der Waals surface area contributed by atoms with Gasteiger partial charge in [0.25, 0.3) is 0 Å². The summed E-state index contributed by atoms with van der Waals surface area (Å²) in [5, 5.41) is 3.60. The fraction of sp³-hybridized carbons (Fsp3) is 0.923. The first-order chi connectivity index (χ1) is 8.18. The van der Waals surface area contributed by atoms with Crippen molar-refractivity contribution in [3.8, 4) is 0 Å². The number of hydrogen-bond acceptors (Lipinski definition) is 3. The van der Waals surface area contributed by atoms with Crippen molar-refractivity contribution in [2.24, 2.45) is 11.7 Å². The molecule has 3 atom stereocenters. The Hall–Kier alpha value is -0.610. The normalized spacial score (nSPS) is 32.5. The van der Waals surface area contributed by atoms with Gasteiger partial charge in [-0.15, -0.1) is 0 Å². The second kappa shape index (κ2) is 5.83. The number of nitrogens with zero attached hydrogens (tertiary/aromatic N) is 1. The summed E-state index contributed by atoms with van der Waals surface area (Å²) in [5.41, 5.74) is 5.37. The first kappa shape index (κ1) is 12.8. The summed E-state index contributed by atoms with van der Waals surface area (Å²) in [6.45, 7) is 5.05. The Morgan fingerprint density at radius 1 is 1.41 bits per heavy atom. The lowest BCUT2D eigenvalue weighted by Crippen LogP contribution is -2.52. The van der Waals surface area contributed by atoms with Crippen LogP contribution in [0.15, 0.2) is 0 Å². The summed E-state index contributed by atoms with van der Waals surface area (Å²) in [6, 6.07) is 1.25. The molecular formula is C13H25N3O. The molecule has 2 rings (SSSR count). The zero-order valence-corrected chi connectivity index (χ0v) is 10.8. The maximum Gasteiger partial charge on any atom is 0.221 e. The van der Waals surface area contributed by atoms with E-state index in [1.54, 1.807) is 0 Å². The molecule has 1 amide bonds. The van der Waals surface area contributed by atoms with E-state index in [2.05, 4.69) is 10.2 Å². The number of likely N-dealkylation sites (tertiary alicyclic amines) is 1. The third-order valence-corrected chi connectivity index (χ3v) is 4.22. The number of nitrogens with one attached hydrogen (secondary N) is 1. The van der Waals surface area contributed by atoms with Gasteiger partial charge in [0.15, 0.2) is 0 Å². The molecule has 0 aromatic carbocycles. The summed E-state index contributed by atoms with van der Waals surface area (Å²) in [6.07, 6.45) is 6.43. The van der Waals surface area contributed by atoms with Crippen molar-refractivity contribution in [1.29, 1.82) is 0 Å². The highest BCUT2D eigenvalue weighted by Crippen LogP contribution is 2.24. The Bertz CT molecular complexity index is 263. The molecule has 2 aliphatic rings. The van der Waals surface area contributed by atoms with Crippen molar-refractivity contribution in [2.45, 2.75) is 51.1 Å². The van der Waals surface area contributed by atoms with Gasteiger partial charge in [-0.25, -0.2) is 0 Å². The minimum Gasteiger partial charge on any atom is -0.369 e. The van der Waals surface area contributed by atoms with Gasteiger partial charge < -0.3 is 11.1 Å². The number of piperidine rings is 1. The summed E-state index contributed by atoms with van der Waals surface area (Å²) in [7, 11) is 0. The van der Waals surface area contributed by atoms with Gasteiger partial charge in [-0.05, 0) is 38.8 Å². The van der Waals surface area contributed by atoms with E-state index in [-0.39, 0.29) is 11.8 Å². The van der Waals surface area contributed by atoms with Gasteiger partial charge in [0, 0.05) is 24.5 Å². The first-order valence-electron chi connectivity index (χ1n) is 6.95. The molecule has 0 radical (unpaired) electrons. The number of primary amides is 1. The number of carbonyl (C=O) groups is 1. The standard InChI is InChI=1S/C13H25N3O/c1-10(13(14)17)9-16-8-3-2-6-12(16)11-5-4-7-15-11/h10-12,15H,2-9H2,1H3,(H2,14,17). The van der Waals surface area contributed by atoms with Crippen molar-refractivity contribution >= 4 is 5.91 Å². The largest absolute Gasteiger partial charge is 0.369 e. The topological polar surface area (TPSA) is 58.4 Å². The van der Waals surface area contributed by atoms with Gasteiger partial charge in [-0.1, -0.05) is 13.3 Å². The van der Waals surface area contributed by atoms with Crippen LogP contribution in [0.2, 0.25) is 0 Å². The van der Waals surface area contributed by atoms with Crippen LogP contribution in [0.25, 0.3) is 0 Å². The summed E-state index contributed by atoms with van der Waals surface area (Å²) < 4.78 is 0. The minimum atomic E-state index is -0.172. The predicted octanol–water partition coefficient (Wildman–Crippen LogP) is 0.714. The van der Waals surface area contributed by atoms with Crippen molar-refractivity contribution in [3.05, 3.63) is 0 Å². The summed E-state index contributed by atoms with van der Waals surface area (Å²) in [4.78, 5) is 13.7. The van der Waals surface area contributed by atoms with Crippen molar-refractivity contribution < 1.29 is 4.79 Å². The van der Waals surface area contributed by atoms with E-state index in [9.17, 15) is 4.79 Å². The molecule has 0 saturated carbocycles. The van der Waals surface area contributed by atoms with Gasteiger partial charge >= 0.3 is 0 Å². The molecule has 0 aromatic rings. The number of amides is 1. The molecule has 0 aromatic heterocycles. The highest BCUT2D eigenvalue weighted by atomic mass is 16.1. The highest BCUT2D eigenvalue weighted by molar-refractivity contribution is 5.76. The van der Waals surface area contributed by atoms with Gasteiger partial charge in [0.2, 0.25) is 5.91 Å². The van der Waals surface area contributed by atoms with Crippen LogP contribution < -0.4 is 11.1 Å². The maximum atomic E-state index is 11.2. The van der Waals surface area contributed by atoms with Crippen LogP contribution in [0, 0.1) is 5.92 Å². The van der Waals surface area contributed by atoms with Gasteiger partial charge in [0.05, 0.1) is 0 Å². The minimum absolute atomic E-state index is 0.0306. The van der Waals surface area contributed by atoms with Crippen molar-refractivity contribution in [2.75, 3.05) is 19.6 Å². The lowest BCUT2D eigenvalue weighted by molar-refractivity contribution is -0.122. The smallest absolute Gasteiger partial charge is 0.221 e. The van der Waals surface area contributed by atoms with Crippen LogP contribution >= 0.6 is 0 Å². The molecule has 2 heterocycles. The maximum absolute atomic E-state index is 11.2. The monoisotopic (exact) mass is 239 g/mol. The molecule has 4 heteroatoms. The molecule has 0 bridgehead atoms. The predicted molar refractivity (Wildman–Crippen MR) is 68.6 cm³/mol. The summed E-state index contributed by atoms with van der Waals surface area (Å²) >= 11 is 0. The van der Waals surface area contributed by atoms with Crippen LogP contribution in [0.1, 0.15) is 39.0 Å². The Kier molecular flexibility index (Phi) is 4.40. The first-order valence-corrected chi connectivity index (χ1v) is 6.95. The van der Waals surface area contributed by atoms with Crippen LogP contribution in [-0.4, -0.2) is 42.5 Å². The molecule has 2 fully saturated rings. The fourth-order valence-electron chi connectivity index (χ4n) is 3.18. The average molecular weight is 239 g/mol. The van der Waals surface area contributed by atoms with E-state index in [4.69, 9.17) is 5.73 Å². The van der Waals surface area contributed by atoms with E-state index in [1.165, 1.54) is 32.1 Å². The molecule has 0 spiro atoms. The zero-order valence-electron chi connectivity index (χ0n) is 10.8. The van der Waals surface area contributed by atoms with Gasteiger partial charge in [0.1, 0.15) is 0 Å². The van der Waals surface area contributed by atoms with Crippen LogP contribution in [0.4, 0.5) is 0 Å². The van der Waals surface area contributed by atoms with Gasteiger partial charge in [-0.2, -0.15) is 0 Å². The second-order valence-electron chi connectivity index (χ2n) is 5.56. The average Bonchev–Trinajstić information content (AvgIpc) is 2.83. The van der Waals surface area contributed by atoms with Crippen LogP contribution in [0.5, 0.6) is 0 Å². The zero-order chi connectivity index (χ0) is 12.3. The highest BCUT2D eigenvalue weighted by Gasteiger charge is 2.32. The second-order valence-corrected chi connectivity index (χ2v) is 5.56. The van der Waals surface area contributed by atoms with E-state index in [0.717, 1.165) is 19.6 Å². The molecule has 2 aliphatic heterocycles. The van der Waals surface area contributed by atoms with E-state index >= 15 is 0 Å². The molecule has 3 N–H and O–H groups in total. The molecule has 4 nitrogen and oxygen atoms in total. The third-order valence-electron chi connectivity index (χ3n) is 4.22. The Balaban J connectivity index is 1.94. The lowest BCUT2D eigenvalue weighted by Gasteiger charge is -2.40. The number of carbonyl (C=O) groups excluding carboxylic acids is 1. The SMILES string of the molecule is CC(CN1CCCCC1C1CCCN1)C(N)=O. The molecule has 0 aliphatic carbocycles.